The average molecular weight is 240 g/mol. The molecule has 1 aromatic heterocycles. The highest BCUT2D eigenvalue weighted by Crippen LogP contribution is 2.21. The minimum Gasteiger partial charge on any atom is -0.377 e. The summed E-state index contributed by atoms with van der Waals surface area (Å²) in [6, 6.07) is 8.42. The maximum absolute atomic E-state index is 5.32. The Kier molecular flexibility index (Phi) is 2.99. The molecule has 0 aliphatic carbocycles. The predicted molar refractivity (Wildman–Crippen MR) is 72.1 cm³/mol. The lowest BCUT2D eigenvalue weighted by molar-refractivity contribution is 0.159. The molecule has 1 aromatic carbocycles. The van der Waals surface area contributed by atoms with Gasteiger partial charge in [0.25, 0.3) is 0 Å². The van der Waals surface area contributed by atoms with Crippen molar-refractivity contribution in [1.82, 2.24) is 9.55 Å². The molecule has 3 heteroatoms. The molecule has 92 valence electrons. The summed E-state index contributed by atoms with van der Waals surface area (Å²) in [5.41, 5.74) is 4.72. The van der Waals surface area contributed by atoms with E-state index in [2.05, 4.69) is 53.0 Å². The number of aromatic nitrogens is 2. The molecular weight excluding hydrogens is 224 g/mol. The molecule has 0 spiro atoms. The number of hydrogen-bond donors (Lipinski definition) is 0. The van der Waals surface area contributed by atoms with Gasteiger partial charge in [-0.1, -0.05) is 23.8 Å². The van der Waals surface area contributed by atoms with Gasteiger partial charge in [-0.2, -0.15) is 0 Å². The van der Waals surface area contributed by atoms with Crippen LogP contribution in [-0.4, -0.2) is 22.8 Å². The lowest BCUT2D eigenvalue weighted by atomic mass is 10.1. The summed E-state index contributed by atoms with van der Waals surface area (Å²) < 4.78 is 7.42. The summed E-state index contributed by atoms with van der Waals surface area (Å²) >= 11 is 0. The van der Waals surface area contributed by atoms with Crippen LogP contribution >= 0.6 is 0 Å². The molecule has 0 fully saturated rings. The smallest absolute Gasteiger partial charge is 0.0996 e. The van der Waals surface area contributed by atoms with Gasteiger partial charge in [0.15, 0.2) is 0 Å². The van der Waals surface area contributed by atoms with Gasteiger partial charge in [-0.3, -0.25) is 0 Å². The van der Waals surface area contributed by atoms with Crippen LogP contribution in [0.3, 0.4) is 0 Å². The Hall–Kier alpha value is -1.87. The van der Waals surface area contributed by atoms with Crippen molar-refractivity contribution in [3.63, 3.8) is 0 Å². The maximum atomic E-state index is 5.32. The van der Waals surface area contributed by atoms with Crippen molar-refractivity contribution in [1.29, 1.82) is 0 Å². The van der Waals surface area contributed by atoms with E-state index in [1.807, 2.05) is 6.33 Å². The third-order valence-electron chi connectivity index (χ3n) is 3.17. The Morgan fingerprint density at radius 2 is 2.28 bits per heavy atom. The van der Waals surface area contributed by atoms with Gasteiger partial charge in [-0.15, -0.1) is 0 Å². The zero-order valence-electron chi connectivity index (χ0n) is 10.5. The van der Waals surface area contributed by atoms with Gasteiger partial charge >= 0.3 is 0 Å². The van der Waals surface area contributed by atoms with Gasteiger partial charge in [0, 0.05) is 23.9 Å². The minimum atomic E-state index is 0.702. The van der Waals surface area contributed by atoms with E-state index in [-0.39, 0.29) is 0 Å². The van der Waals surface area contributed by atoms with E-state index in [0.717, 1.165) is 18.7 Å². The molecule has 3 nitrogen and oxygen atoms in total. The summed E-state index contributed by atoms with van der Waals surface area (Å²) in [7, 11) is 0. The Balaban J connectivity index is 1.91. The zero-order chi connectivity index (χ0) is 12.4. The first-order valence-corrected chi connectivity index (χ1v) is 6.21. The SMILES string of the molecule is Cc1cccc(-c2cn(C3=CCOCC3)cn2)c1. The standard InChI is InChI=1S/C15H16N2O/c1-12-3-2-4-13(9-12)15-10-17(11-16-15)14-5-7-18-8-6-14/h2-5,9-11H,6-8H2,1H3. The van der Waals surface area contributed by atoms with Gasteiger partial charge in [0.2, 0.25) is 0 Å². The molecule has 1 aliphatic heterocycles. The molecule has 0 unspecified atom stereocenters. The summed E-state index contributed by atoms with van der Waals surface area (Å²) in [5.74, 6) is 0. The van der Waals surface area contributed by atoms with E-state index in [4.69, 9.17) is 4.74 Å². The first-order chi connectivity index (χ1) is 8.83. The highest BCUT2D eigenvalue weighted by atomic mass is 16.5. The van der Waals surface area contributed by atoms with E-state index in [1.165, 1.54) is 16.8 Å². The number of imidazole rings is 1. The normalized spacial score (nSPS) is 15.5. The van der Waals surface area contributed by atoms with Crippen molar-refractivity contribution in [2.45, 2.75) is 13.3 Å². The Labute approximate surface area is 107 Å². The minimum absolute atomic E-state index is 0.702. The summed E-state index contributed by atoms with van der Waals surface area (Å²) in [6.07, 6.45) is 7.04. The summed E-state index contributed by atoms with van der Waals surface area (Å²) in [6.45, 7) is 3.60. The molecule has 0 radical (unpaired) electrons. The van der Waals surface area contributed by atoms with Crippen LogP contribution in [0.25, 0.3) is 17.0 Å². The van der Waals surface area contributed by atoms with Crippen LogP contribution in [0.5, 0.6) is 0 Å². The first kappa shape index (κ1) is 11.2. The van der Waals surface area contributed by atoms with Crippen molar-refractivity contribution in [2.24, 2.45) is 0 Å². The van der Waals surface area contributed by atoms with Crippen LogP contribution < -0.4 is 0 Å². The number of rotatable bonds is 2. The van der Waals surface area contributed by atoms with Gasteiger partial charge in [0.1, 0.15) is 0 Å². The van der Waals surface area contributed by atoms with E-state index in [1.54, 1.807) is 0 Å². The van der Waals surface area contributed by atoms with E-state index in [9.17, 15) is 0 Å². The van der Waals surface area contributed by atoms with Crippen LogP contribution in [0.4, 0.5) is 0 Å². The van der Waals surface area contributed by atoms with Gasteiger partial charge in [0.05, 0.1) is 25.2 Å². The van der Waals surface area contributed by atoms with Crippen molar-refractivity contribution < 1.29 is 4.74 Å². The fraction of sp³-hybridized carbons (Fsp3) is 0.267. The Morgan fingerprint density at radius 1 is 1.33 bits per heavy atom. The molecule has 3 rings (SSSR count). The zero-order valence-corrected chi connectivity index (χ0v) is 10.5. The van der Waals surface area contributed by atoms with Crippen LogP contribution in [0.2, 0.25) is 0 Å². The summed E-state index contributed by atoms with van der Waals surface area (Å²) in [4.78, 5) is 4.48. The lowest BCUT2D eigenvalue weighted by Crippen LogP contribution is -2.07. The van der Waals surface area contributed by atoms with Crippen molar-refractivity contribution in [3.8, 4) is 11.3 Å². The van der Waals surface area contributed by atoms with Crippen LogP contribution in [0.15, 0.2) is 42.9 Å². The second-order valence-corrected chi connectivity index (χ2v) is 4.56. The molecule has 0 N–H and O–H groups in total. The number of benzene rings is 1. The molecule has 1 aliphatic rings. The fourth-order valence-electron chi connectivity index (χ4n) is 2.19. The molecular formula is C15H16N2O. The van der Waals surface area contributed by atoms with E-state index < -0.39 is 0 Å². The number of aryl methyl sites for hydroxylation is 1. The first-order valence-electron chi connectivity index (χ1n) is 6.21. The van der Waals surface area contributed by atoms with Crippen LogP contribution in [-0.2, 0) is 4.74 Å². The molecule has 0 atom stereocenters. The highest BCUT2D eigenvalue weighted by Gasteiger charge is 2.08. The van der Waals surface area contributed by atoms with E-state index in [0.29, 0.717) is 6.61 Å². The van der Waals surface area contributed by atoms with E-state index >= 15 is 0 Å². The quantitative estimate of drug-likeness (QED) is 0.806. The molecule has 0 saturated heterocycles. The maximum Gasteiger partial charge on any atom is 0.0996 e. The predicted octanol–water partition coefficient (Wildman–Crippen LogP) is 3.12. The monoisotopic (exact) mass is 240 g/mol. The van der Waals surface area contributed by atoms with Crippen LogP contribution in [0, 0.1) is 6.92 Å². The third kappa shape index (κ3) is 2.22. The number of hydrogen-bond acceptors (Lipinski definition) is 2. The second-order valence-electron chi connectivity index (χ2n) is 4.56. The molecule has 0 bridgehead atoms. The number of ether oxygens (including phenoxy) is 1. The lowest BCUT2D eigenvalue weighted by Gasteiger charge is -2.13. The largest absolute Gasteiger partial charge is 0.377 e. The van der Waals surface area contributed by atoms with Crippen LogP contribution in [0.1, 0.15) is 12.0 Å². The van der Waals surface area contributed by atoms with Crippen molar-refractivity contribution in [2.75, 3.05) is 13.2 Å². The van der Waals surface area contributed by atoms with Crippen molar-refractivity contribution in [3.05, 3.63) is 48.4 Å². The topological polar surface area (TPSA) is 27.1 Å². The third-order valence-corrected chi connectivity index (χ3v) is 3.17. The fourth-order valence-corrected chi connectivity index (χ4v) is 2.19. The highest BCUT2D eigenvalue weighted by molar-refractivity contribution is 5.61. The van der Waals surface area contributed by atoms with Gasteiger partial charge in [-0.25, -0.2) is 4.98 Å². The van der Waals surface area contributed by atoms with Gasteiger partial charge < -0.3 is 9.30 Å². The summed E-state index contributed by atoms with van der Waals surface area (Å²) in [5, 5.41) is 0. The molecule has 18 heavy (non-hydrogen) atoms. The van der Waals surface area contributed by atoms with Gasteiger partial charge in [-0.05, 0) is 19.1 Å². The Bertz CT molecular complexity index is 584. The Morgan fingerprint density at radius 3 is 3.06 bits per heavy atom. The molecule has 0 saturated carbocycles. The molecule has 2 heterocycles. The number of nitrogens with zero attached hydrogens (tertiary/aromatic N) is 2. The average Bonchev–Trinajstić information content (AvgIpc) is 2.89. The molecule has 2 aromatic rings. The second kappa shape index (κ2) is 4.78. The molecule has 0 amide bonds. The van der Waals surface area contributed by atoms with Crippen molar-refractivity contribution >= 4 is 5.70 Å².